The Bertz CT molecular complexity index is 447. The number of anilines is 1. The van der Waals surface area contributed by atoms with Crippen LogP contribution in [-0.4, -0.2) is 30.1 Å². The molecule has 4 nitrogen and oxygen atoms in total. The van der Waals surface area contributed by atoms with E-state index >= 15 is 0 Å². The summed E-state index contributed by atoms with van der Waals surface area (Å²) in [6.45, 7) is 1.28. The van der Waals surface area contributed by atoms with E-state index in [0.29, 0.717) is 13.1 Å². The summed E-state index contributed by atoms with van der Waals surface area (Å²) in [5, 5.41) is 3.28. The van der Waals surface area contributed by atoms with Crippen LogP contribution in [0.3, 0.4) is 0 Å². The van der Waals surface area contributed by atoms with E-state index in [2.05, 4.69) is 21.2 Å². The van der Waals surface area contributed by atoms with Crippen LogP contribution < -0.4 is 11.1 Å². The third-order valence-corrected chi connectivity index (χ3v) is 3.79. The first-order valence-electron chi connectivity index (χ1n) is 5.82. The molecule has 0 unspecified atom stereocenters. The van der Waals surface area contributed by atoms with Gasteiger partial charge >= 0.3 is 6.03 Å². The highest BCUT2D eigenvalue weighted by Crippen LogP contribution is 2.25. The molecule has 1 saturated heterocycles. The molecule has 18 heavy (non-hydrogen) atoms. The Hall–Kier alpha value is -1.30. The lowest BCUT2D eigenvalue weighted by Gasteiger charge is -2.31. The average molecular weight is 316 g/mol. The second-order valence-electron chi connectivity index (χ2n) is 4.37. The Morgan fingerprint density at radius 3 is 2.72 bits per heavy atom. The van der Waals surface area contributed by atoms with E-state index in [0.717, 1.165) is 23.0 Å². The van der Waals surface area contributed by atoms with Gasteiger partial charge in [0.05, 0.1) is 5.69 Å². The Labute approximate surface area is 113 Å². The number of urea groups is 1. The van der Waals surface area contributed by atoms with Gasteiger partial charge in [-0.25, -0.2) is 9.18 Å². The van der Waals surface area contributed by atoms with Crippen LogP contribution in [0.5, 0.6) is 0 Å². The minimum atomic E-state index is -0.375. The molecule has 0 bridgehead atoms. The maximum atomic E-state index is 13.1. The lowest BCUT2D eigenvalue weighted by molar-refractivity contribution is 0.193. The number of rotatable bonds is 2. The lowest BCUT2D eigenvalue weighted by Crippen LogP contribution is -2.44. The Morgan fingerprint density at radius 2 is 2.11 bits per heavy atom. The van der Waals surface area contributed by atoms with Gasteiger partial charge in [-0.1, -0.05) is 0 Å². The van der Waals surface area contributed by atoms with Crippen LogP contribution in [0.2, 0.25) is 0 Å². The summed E-state index contributed by atoms with van der Waals surface area (Å²) in [6, 6.07) is 4.41. The van der Waals surface area contributed by atoms with Gasteiger partial charge in [0.25, 0.3) is 0 Å². The van der Waals surface area contributed by atoms with Crippen molar-refractivity contribution in [3.05, 3.63) is 28.5 Å². The second kappa shape index (κ2) is 5.56. The molecule has 3 N–H and O–H groups in total. The van der Waals surface area contributed by atoms with Gasteiger partial charge in [-0.2, -0.15) is 0 Å². The molecule has 1 aromatic carbocycles. The van der Waals surface area contributed by atoms with Crippen molar-refractivity contribution in [2.24, 2.45) is 5.73 Å². The van der Waals surface area contributed by atoms with Crippen molar-refractivity contribution in [3.63, 3.8) is 0 Å². The molecule has 1 heterocycles. The number of halogens is 2. The predicted molar refractivity (Wildman–Crippen MR) is 71.9 cm³/mol. The van der Waals surface area contributed by atoms with Gasteiger partial charge < -0.3 is 16.0 Å². The molecular weight excluding hydrogens is 301 g/mol. The fraction of sp³-hybridized carbons (Fsp3) is 0.417. The zero-order valence-corrected chi connectivity index (χ0v) is 11.4. The molecule has 1 aromatic rings. The smallest absolute Gasteiger partial charge is 0.314 e. The zero-order valence-electron chi connectivity index (χ0n) is 9.83. The van der Waals surface area contributed by atoms with Crippen LogP contribution in [0.4, 0.5) is 14.9 Å². The van der Waals surface area contributed by atoms with Crippen molar-refractivity contribution in [1.29, 1.82) is 0 Å². The Kier molecular flexibility index (Phi) is 4.06. The number of nitrogens with zero attached hydrogens (tertiary/aromatic N) is 1. The summed E-state index contributed by atoms with van der Waals surface area (Å²) in [7, 11) is 0. The molecule has 98 valence electrons. The molecule has 0 spiro atoms. The summed E-state index contributed by atoms with van der Waals surface area (Å²) in [6.07, 6.45) is 1.62. The maximum absolute atomic E-state index is 13.1. The number of amides is 2. The molecule has 1 fully saturated rings. The van der Waals surface area contributed by atoms with Crippen LogP contribution in [0.25, 0.3) is 0 Å². The normalized spacial score (nSPS) is 16.7. The highest BCUT2D eigenvalue weighted by atomic mass is 79.9. The second-order valence-corrected chi connectivity index (χ2v) is 5.22. The molecule has 1 aliphatic rings. The summed E-state index contributed by atoms with van der Waals surface area (Å²) in [5.74, 6) is -0.268. The summed E-state index contributed by atoms with van der Waals surface area (Å²) < 4.78 is 14.0. The summed E-state index contributed by atoms with van der Waals surface area (Å²) in [4.78, 5) is 12.6. The highest BCUT2D eigenvalue weighted by molar-refractivity contribution is 9.10. The van der Waals surface area contributed by atoms with E-state index in [1.54, 1.807) is 11.0 Å². The molecular formula is C12H15BrFN3O. The molecule has 0 radical (unpaired) electrons. The molecule has 2 rings (SSSR count). The van der Waals surface area contributed by atoms with Crippen LogP contribution in [0.15, 0.2) is 22.7 Å². The van der Waals surface area contributed by atoms with Crippen molar-refractivity contribution in [2.75, 3.05) is 18.4 Å². The number of hydrogen-bond acceptors (Lipinski definition) is 2. The van der Waals surface area contributed by atoms with Gasteiger partial charge in [0, 0.05) is 23.6 Å². The van der Waals surface area contributed by atoms with Gasteiger partial charge in [0.15, 0.2) is 0 Å². The molecule has 0 atom stereocenters. The van der Waals surface area contributed by atoms with Gasteiger partial charge in [-0.05, 0) is 47.0 Å². The van der Waals surface area contributed by atoms with Gasteiger partial charge in [0.2, 0.25) is 0 Å². The maximum Gasteiger partial charge on any atom is 0.314 e. The standard InChI is InChI=1S/C12H15BrFN3O/c13-10-2-1-8(14)7-11(10)16-9-3-5-17(6-4-9)12(15)18/h1-2,7,9,16H,3-6H2,(H2,15,18). The number of carbonyl (C=O) groups excluding carboxylic acids is 1. The van der Waals surface area contributed by atoms with E-state index in [-0.39, 0.29) is 17.9 Å². The molecule has 0 saturated carbocycles. The predicted octanol–water partition coefficient (Wildman–Crippen LogP) is 2.54. The first-order chi connectivity index (χ1) is 8.56. The minimum Gasteiger partial charge on any atom is -0.381 e. The lowest BCUT2D eigenvalue weighted by atomic mass is 10.0. The number of benzene rings is 1. The number of likely N-dealkylation sites (tertiary alicyclic amines) is 1. The van der Waals surface area contributed by atoms with Gasteiger partial charge in [-0.3, -0.25) is 0 Å². The molecule has 0 aliphatic carbocycles. The Morgan fingerprint density at radius 1 is 1.44 bits per heavy atom. The van der Waals surface area contributed by atoms with E-state index in [1.165, 1.54) is 12.1 Å². The van der Waals surface area contributed by atoms with E-state index in [1.807, 2.05) is 0 Å². The molecule has 0 aromatic heterocycles. The van der Waals surface area contributed by atoms with E-state index < -0.39 is 0 Å². The number of nitrogens with two attached hydrogens (primary N) is 1. The van der Waals surface area contributed by atoms with Crippen molar-refractivity contribution < 1.29 is 9.18 Å². The summed E-state index contributed by atoms with van der Waals surface area (Å²) >= 11 is 3.38. The monoisotopic (exact) mass is 315 g/mol. The van der Waals surface area contributed by atoms with Gasteiger partial charge in [-0.15, -0.1) is 0 Å². The number of carbonyl (C=O) groups is 1. The topological polar surface area (TPSA) is 58.4 Å². The SMILES string of the molecule is NC(=O)N1CCC(Nc2cc(F)ccc2Br)CC1. The van der Waals surface area contributed by atoms with Crippen molar-refractivity contribution >= 4 is 27.6 Å². The van der Waals surface area contributed by atoms with Crippen molar-refractivity contribution in [3.8, 4) is 0 Å². The quantitative estimate of drug-likeness (QED) is 0.881. The Balaban J connectivity index is 1.95. The minimum absolute atomic E-state index is 0.235. The van der Waals surface area contributed by atoms with Crippen molar-refractivity contribution in [1.82, 2.24) is 4.90 Å². The average Bonchev–Trinajstić information content (AvgIpc) is 2.34. The zero-order chi connectivity index (χ0) is 13.1. The fourth-order valence-corrected chi connectivity index (χ4v) is 2.43. The van der Waals surface area contributed by atoms with Crippen LogP contribution in [0, 0.1) is 5.82 Å². The van der Waals surface area contributed by atoms with Crippen LogP contribution in [-0.2, 0) is 0 Å². The highest BCUT2D eigenvalue weighted by Gasteiger charge is 2.21. The third kappa shape index (κ3) is 3.13. The van der Waals surface area contributed by atoms with Crippen molar-refractivity contribution in [2.45, 2.75) is 18.9 Å². The first-order valence-corrected chi connectivity index (χ1v) is 6.61. The first kappa shape index (κ1) is 13.1. The number of piperidine rings is 1. The molecule has 1 aliphatic heterocycles. The molecule has 2 amide bonds. The third-order valence-electron chi connectivity index (χ3n) is 3.09. The van der Waals surface area contributed by atoms with Gasteiger partial charge in [0.1, 0.15) is 5.82 Å². The number of nitrogens with one attached hydrogen (secondary N) is 1. The summed E-state index contributed by atoms with van der Waals surface area (Å²) in [5.41, 5.74) is 5.96. The van der Waals surface area contributed by atoms with Crippen LogP contribution >= 0.6 is 15.9 Å². The number of hydrogen-bond donors (Lipinski definition) is 2. The fourth-order valence-electron chi connectivity index (χ4n) is 2.07. The van der Waals surface area contributed by atoms with E-state index in [9.17, 15) is 9.18 Å². The van der Waals surface area contributed by atoms with E-state index in [4.69, 9.17) is 5.73 Å². The largest absolute Gasteiger partial charge is 0.381 e. The molecule has 6 heteroatoms. The van der Waals surface area contributed by atoms with Crippen LogP contribution in [0.1, 0.15) is 12.8 Å². The number of primary amides is 1.